The highest BCUT2D eigenvalue weighted by atomic mass is 16.2. The molecule has 0 radical (unpaired) electrons. The van der Waals surface area contributed by atoms with E-state index < -0.39 is 0 Å². The van der Waals surface area contributed by atoms with E-state index in [1.165, 1.54) is 6.34 Å². The van der Waals surface area contributed by atoms with Crippen LogP contribution in [0.5, 0.6) is 0 Å². The molecule has 5 heteroatoms. The fourth-order valence-corrected chi connectivity index (χ4v) is 0.806. The van der Waals surface area contributed by atoms with Crippen LogP contribution in [-0.4, -0.2) is 30.5 Å². The minimum absolute atomic E-state index is 0.192. The Morgan fingerprint density at radius 3 is 3.30 bits per heavy atom. The van der Waals surface area contributed by atoms with E-state index in [1.807, 2.05) is 0 Å². The molecule has 2 rings (SSSR count). The standard InChI is InChI=1S/C5H4N4O/c10-5-3-4(7-1-6-3)8-2-9-5/h1H,2H2,(H,9,10). The third-order valence-electron chi connectivity index (χ3n) is 1.26. The number of hydrogen-bond acceptors (Lipinski definition) is 4. The van der Waals surface area contributed by atoms with Crippen molar-refractivity contribution in [2.45, 2.75) is 0 Å². The molecule has 2 heterocycles. The minimum atomic E-state index is -0.192. The van der Waals surface area contributed by atoms with Crippen molar-refractivity contribution in [1.82, 2.24) is 5.32 Å². The van der Waals surface area contributed by atoms with Crippen molar-refractivity contribution in [1.29, 1.82) is 0 Å². The molecule has 0 saturated heterocycles. The Morgan fingerprint density at radius 2 is 2.50 bits per heavy atom. The van der Waals surface area contributed by atoms with Crippen molar-refractivity contribution < 1.29 is 4.79 Å². The first-order chi connectivity index (χ1) is 4.88. The van der Waals surface area contributed by atoms with Gasteiger partial charge in [0.2, 0.25) is 0 Å². The first kappa shape index (κ1) is 5.28. The van der Waals surface area contributed by atoms with Crippen molar-refractivity contribution in [3.63, 3.8) is 0 Å². The molecule has 0 atom stereocenters. The van der Waals surface area contributed by atoms with E-state index in [4.69, 9.17) is 0 Å². The number of amides is 1. The van der Waals surface area contributed by atoms with Gasteiger partial charge in [-0.3, -0.25) is 4.79 Å². The zero-order valence-corrected chi connectivity index (χ0v) is 5.03. The molecule has 0 aromatic carbocycles. The maximum absolute atomic E-state index is 10.9. The molecule has 0 aromatic heterocycles. The van der Waals surface area contributed by atoms with Gasteiger partial charge in [-0.15, -0.1) is 0 Å². The SMILES string of the molecule is O=C1NCN=C2N=CN=C12. The van der Waals surface area contributed by atoms with Crippen LogP contribution in [0, 0.1) is 0 Å². The normalized spacial score (nSPS) is 21.4. The number of hydrogen-bond donors (Lipinski definition) is 1. The van der Waals surface area contributed by atoms with Crippen LogP contribution < -0.4 is 5.32 Å². The van der Waals surface area contributed by atoms with Gasteiger partial charge >= 0.3 is 0 Å². The highest BCUT2D eigenvalue weighted by Gasteiger charge is 2.23. The smallest absolute Gasteiger partial charge is 0.275 e. The largest absolute Gasteiger partial charge is 0.331 e. The molecular weight excluding hydrogens is 132 g/mol. The second-order valence-corrected chi connectivity index (χ2v) is 1.87. The van der Waals surface area contributed by atoms with Gasteiger partial charge in [0, 0.05) is 0 Å². The highest BCUT2D eigenvalue weighted by molar-refractivity contribution is 6.69. The summed E-state index contributed by atoms with van der Waals surface area (Å²) in [5.41, 5.74) is 0.325. The Bertz CT molecular complexity index is 275. The predicted molar refractivity (Wildman–Crippen MR) is 36.4 cm³/mol. The molecule has 0 aromatic rings. The number of rotatable bonds is 0. The fourth-order valence-electron chi connectivity index (χ4n) is 0.806. The van der Waals surface area contributed by atoms with E-state index >= 15 is 0 Å². The number of carbonyl (C=O) groups is 1. The Kier molecular flexibility index (Phi) is 0.913. The van der Waals surface area contributed by atoms with Crippen LogP contribution in [0.1, 0.15) is 0 Å². The van der Waals surface area contributed by atoms with Crippen molar-refractivity contribution in [3.8, 4) is 0 Å². The second-order valence-electron chi connectivity index (χ2n) is 1.87. The molecular formula is C5H4N4O. The number of nitrogens with zero attached hydrogens (tertiary/aromatic N) is 3. The van der Waals surface area contributed by atoms with Crippen molar-refractivity contribution in [2.75, 3.05) is 6.67 Å². The van der Waals surface area contributed by atoms with E-state index in [-0.39, 0.29) is 5.91 Å². The van der Waals surface area contributed by atoms with Gasteiger partial charge in [-0.2, -0.15) is 0 Å². The number of fused-ring (bicyclic) bond motifs is 1. The summed E-state index contributed by atoms with van der Waals surface area (Å²) in [6, 6.07) is 0. The van der Waals surface area contributed by atoms with E-state index in [9.17, 15) is 4.79 Å². The second kappa shape index (κ2) is 1.73. The van der Waals surface area contributed by atoms with E-state index in [2.05, 4.69) is 20.3 Å². The molecule has 50 valence electrons. The Hall–Kier alpha value is -1.52. The van der Waals surface area contributed by atoms with Crippen LogP contribution in [-0.2, 0) is 4.79 Å². The lowest BCUT2D eigenvalue weighted by atomic mass is 10.3. The Balaban J connectivity index is 2.46. The van der Waals surface area contributed by atoms with Gasteiger partial charge in [0.15, 0.2) is 11.5 Å². The molecule has 1 amide bonds. The van der Waals surface area contributed by atoms with E-state index in [1.54, 1.807) is 0 Å². The molecule has 2 aliphatic rings. The molecule has 0 fully saturated rings. The molecule has 5 nitrogen and oxygen atoms in total. The summed E-state index contributed by atoms with van der Waals surface area (Å²) in [5.74, 6) is 0.256. The molecule has 10 heavy (non-hydrogen) atoms. The summed E-state index contributed by atoms with van der Waals surface area (Å²) in [4.78, 5) is 22.3. The van der Waals surface area contributed by atoms with Crippen molar-refractivity contribution in [2.24, 2.45) is 15.0 Å². The third kappa shape index (κ3) is 0.570. The highest BCUT2D eigenvalue weighted by Crippen LogP contribution is 1.98. The van der Waals surface area contributed by atoms with Crippen LogP contribution in [0.2, 0.25) is 0 Å². The quantitative estimate of drug-likeness (QED) is 0.454. The molecule has 0 saturated carbocycles. The zero-order chi connectivity index (χ0) is 6.97. The van der Waals surface area contributed by atoms with Gasteiger partial charge in [0.25, 0.3) is 5.91 Å². The van der Waals surface area contributed by atoms with Gasteiger partial charge < -0.3 is 5.32 Å². The first-order valence-electron chi connectivity index (χ1n) is 2.81. The van der Waals surface area contributed by atoms with E-state index in [0.29, 0.717) is 18.2 Å². The number of aliphatic imine (C=N–C) groups is 3. The lowest BCUT2D eigenvalue weighted by Gasteiger charge is -2.06. The zero-order valence-electron chi connectivity index (χ0n) is 5.03. The summed E-state index contributed by atoms with van der Waals surface area (Å²) in [5, 5.41) is 2.52. The summed E-state index contributed by atoms with van der Waals surface area (Å²) in [6.45, 7) is 0.310. The van der Waals surface area contributed by atoms with Gasteiger partial charge in [0.05, 0.1) is 0 Å². The molecule has 2 aliphatic heterocycles. The van der Waals surface area contributed by atoms with Gasteiger partial charge in [-0.05, 0) is 0 Å². The van der Waals surface area contributed by atoms with Crippen LogP contribution in [0.4, 0.5) is 0 Å². The van der Waals surface area contributed by atoms with Crippen LogP contribution in [0.25, 0.3) is 0 Å². The molecule has 1 N–H and O–H groups in total. The summed E-state index contributed by atoms with van der Waals surface area (Å²) in [6.07, 6.45) is 1.33. The van der Waals surface area contributed by atoms with Crippen LogP contribution >= 0.6 is 0 Å². The van der Waals surface area contributed by atoms with Gasteiger partial charge in [-0.1, -0.05) is 0 Å². The van der Waals surface area contributed by atoms with Crippen LogP contribution in [0.3, 0.4) is 0 Å². The summed E-state index contributed by atoms with van der Waals surface area (Å²) in [7, 11) is 0. The Morgan fingerprint density at radius 1 is 1.60 bits per heavy atom. The average molecular weight is 136 g/mol. The molecule has 0 unspecified atom stereocenters. The number of nitrogens with one attached hydrogen (secondary N) is 1. The van der Waals surface area contributed by atoms with E-state index in [0.717, 1.165) is 0 Å². The third-order valence-corrected chi connectivity index (χ3v) is 1.26. The maximum atomic E-state index is 10.9. The van der Waals surface area contributed by atoms with Crippen molar-refractivity contribution in [3.05, 3.63) is 0 Å². The number of carbonyl (C=O) groups excluding carboxylic acids is 1. The first-order valence-corrected chi connectivity index (χ1v) is 2.81. The monoisotopic (exact) mass is 136 g/mol. The Labute approximate surface area is 56.6 Å². The molecule has 0 spiro atoms. The van der Waals surface area contributed by atoms with Gasteiger partial charge in [0.1, 0.15) is 13.0 Å². The summed E-state index contributed by atoms with van der Waals surface area (Å²) >= 11 is 0. The maximum Gasteiger partial charge on any atom is 0.275 e. The van der Waals surface area contributed by atoms with Crippen molar-refractivity contribution >= 4 is 23.8 Å². The number of amidine groups is 1. The summed E-state index contributed by atoms with van der Waals surface area (Å²) < 4.78 is 0. The van der Waals surface area contributed by atoms with Crippen LogP contribution in [0.15, 0.2) is 15.0 Å². The average Bonchev–Trinajstić information content (AvgIpc) is 2.36. The predicted octanol–water partition coefficient (Wildman–Crippen LogP) is -1.04. The van der Waals surface area contributed by atoms with Gasteiger partial charge in [-0.25, -0.2) is 15.0 Å². The minimum Gasteiger partial charge on any atom is -0.331 e. The lowest BCUT2D eigenvalue weighted by Crippen LogP contribution is -2.38. The fraction of sp³-hybridized carbons (Fsp3) is 0.200. The molecule has 0 aliphatic carbocycles. The molecule has 0 bridgehead atoms. The lowest BCUT2D eigenvalue weighted by molar-refractivity contribution is -0.114. The topological polar surface area (TPSA) is 66.2 Å².